The maximum Gasteiger partial charge on any atom is 0.412 e. The van der Waals surface area contributed by atoms with E-state index in [2.05, 4.69) is 25.6 Å². The Labute approximate surface area is 153 Å². The second-order valence-electron chi connectivity index (χ2n) is 5.07. The van der Waals surface area contributed by atoms with Gasteiger partial charge in [0.2, 0.25) is 5.13 Å². The molecule has 0 aliphatic heterocycles. The molecule has 2 heterocycles. The second-order valence-corrected chi connectivity index (χ2v) is 7.02. The number of nitrogens with one attached hydrogen (secondary N) is 2. The molecular formula is C17H16N4O2S2. The molecule has 0 unspecified atom stereocenters. The van der Waals surface area contributed by atoms with Gasteiger partial charge in [-0.1, -0.05) is 47.2 Å². The van der Waals surface area contributed by atoms with Gasteiger partial charge in [0.1, 0.15) is 10.7 Å². The highest BCUT2D eigenvalue weighted by Crippen LogP contribution is 2.38. The predicted molar refractivity (Wildman–Crippen MR) is 104 cm³/mol. The first kappa shape index (κ1) is 17.1. The number of thiazole rings is 1. The van der Waals surface area contributed by atoms with Crippen LogP contribution >= 0.6 is 22.7 Å². The molecule has 8 heteroatoms. The van der Waals surface area contributed by atoms with Gasteiger partial charge in [-0.15, -0.1) is 11.3 Å². The van der Waals surface area contributed by atoms with E-state index in [1.807, 2.05) is 48.7 Å². The summed E-state index contributed by atoms with van der Waals surface area (Å²) in [5.41, 5.74) is 5.79. The van der Waals surface area contributed by atoms with Crippen LogP contribution in [-0.4, -0.2) is 24.4 Å². The van der Waals surface area contributed by atoms with Crippen molar-refractivity contribution in [3.05, 3.63) is 52.9 Å². The monoisotopic (exact) mass is 372 g/mol. The van der Waals surface area contributed by atoms with Gasteiger partial charge in [0.05, 0.1) is 18.2 Å². The number of ether oxygens (including phenoxy) is 1. The quantitative estimate of drug-likeness (QED) is 0.498. The molecule has 2 N–H and O–H groups in total. The van der Waals surface area contributed by atoms with Crippen LogP contribution in [0.5, 0.6) is 0 Å². The van der Waals surface area contributed by atoms with Crippen LogP contribution < -0.4 is 10.7 Å². The number of thiophene rings is 1. The van der Waals surface area contributed by atoms with Crippen molar-refractivity contribution in [3.8, 4) is 10.6 Å². The summed E-state index contributed by atoms with van der Waals surface area (Å²) in [4.78, 5) is 17.0. The Morgan fingerprint density at radius 2 is 2.08 bits per heavy atom. The standard InChI is InChI=1S/C17H16N4O2S2/c1-11-5-7-12(8-6-11)10-18-21-16-19-14(13-4-3-9-24-13)15(25-16)20-17(22)23-2/h3-10H,1-2H3,(H,19,21)(H,20,22). The summed E-state index contributed by atoms with van der Waals surface area (Å²) < 4.78 is 4.67. The maximum absolute atomic E-state index is 11.5. The molecule has 3 aromatic rings. The van der Waals surface area contributed by atoms with E-state index in [0.29, 0.717) is 15.8 Å². The first-order valence-electron chi connectivity index (χ1n) is 7.41. The van der Waals surface area contributed by atoms with E-state index >= 15 is 0 Å². The first-order chi connectivity index (χ1) is 12.2. The molecular weight excluding hydrogens is 356 g/mol. The molecule has 0 aliphatic carbocycles. The number of hydrazone groups is 1. The molecule has 0 bridgehead atoms. The lowest BCUT2D eigenvalue weighted by molar-refractivity contribution is 0.187. The highest BCUT2D eigenvalue weighted by atomic mass is 32.1. The van der Waals surface area contributed by atoms with Crippen molar-refractivity contribution in [2.75, 3.05) is 17.9 Å². The molecule has 25 heavy (non-hydrogen) atoms. The number of methoxy groups -OCH3 is 1. The SMILES string of the molecule is COC(=O)Nc1sc(NN=Cc2ccc(C)cc2)nc1-c1cccs1. The van der Waals surface area contributed by atoms with Crippen LogP contribution in [0.25, 0.3) is 10.6 Å². The van der Waals surface area contributed by atoms with Gasteiger partial charge in [-0.2, -0.15) is 5.10 Å². The lowest BCUT2D eigenvalue weighted by Crippen LogP contribution is -2.10. The number of aromatic nitrogens is 1. The summed E-state index contributed by atoms with van der Waals surface area (Å²) >= 11 is 2.84. The Kier molecular flexibility index (Phi) is 5.42. The minimum atomic E-state index is -0.531. The molecule has 0 saturated heterocycles. The zero-order valence-electron chi connectivity index (χ0n) is 13.6. The van der Waals surface area contributed by atoms with Crippen LogP contribution in [-0.2, 0) is 4.74 Å². The van der Waals surface area contributed by atoms with Crippen molar-refractivity contribution < 1.29 is 9.53 Å². The molecule has 0 aliphatic rings. The molecule has 6 nitrogen and oxygen atoms in total. The molecule has 3 rings (SSSR count). The summed E-state index contributed by atoms with van der Waals surface area (Å²) in [6, 6.07) is 11.9. The molecule has 1 amide bonds. The minimum Gasteiger partial charge on any atom is -0.453 e. The van der Waals surface area contributed by atoms with Gasteiger partial charge in [-0.05, 0) is 23.9 Å². The average Bonchev–Trinajstić information content (AvgIpc) is 3.26. The zero-order chi connectivity index (χ0) is 17.6. The van der Waals surface area contributed by atoms with Gasteiger partial charge in [0.15, 0.2) is 0 Å². The van der Waals surface area contributed by atoms with Gasteiger partial charge in [-0.25, -0.2) is 9.78 Å². The van der Waals surface area contributed by atoms with E-state index < -0.39 is 6.09 Å². The van der Waals surface area contributed by atoms with E-state index in [4.69, 9.17) is 0 Å². The topological polar surface area (TPSA) is 75.6 Å². The number of carbonyl (C=O) groups is 1. The van der Waals surface area contributed by atoms with Crippen molar-refractivity contribution in [2.24, 2.45) is 5.10 Å². The molecule has 0 atom stereocenters. The molecule has 0 fully saturated rings. The van der Waals surface area contributed by atoms with Gasteiger partial charge in [0, 0.05) is 0 Å². The molecule has 128 valence electrons. The number of nitrogens with zero attached hydrogens (tertiary/aromatic N) is 2. The summed E-state index contributed by atoms with van der Waals surface area (Å²) in [7, 11) is 1.33. The van der Waals surface area contributed by atoms with E-state index in [0.717, 1.165) is 10.4 Å². The number of carbonyl (C=O) groups excluding carboxylic acids is 1. The van der Waals surface area contributed by atoms with Crippen molar-refractivity contribution in [2.45, 2.75) is 6.92 Å². The number of benzene rings is 1. The summed E-state index contributed by atoms with van der Waals surface area (Å²) in [6.07, 6.45) is 1.19. The third kappa shape index (κ3) is 4.43. The normalized spacial score (nSPS) is 10.8. The van der Waals surface area contributed by atoms with E-state index in [1.54, 1.807) is 17.6 Å². The number of amides is 1. The third-order valence-electron chi connectivity index (χ3n) is 3.23. The molecule has 0 saturated carbocycles. The Balaban J connectivity index is 1.78. The Bertz CT molecular complexity index is 871. The van der Waals surface area contributed by atoms with Crippen LogP contribution in [0.4, 0.5) is 14.9 Å². The Morgan fingerprint density at radius 1 is 1.28 bits per heavy atom. The fourth-order valence-corrected chi connectivity index (χ4v) is 3.59. The molecule has 0 radical (unpaired) electrons. The largest absolute Gasteiger partial charge is 0.453 e. The van der Waals surface area contributed by atoms with Gasteiger partial charge in [-0.3, -0.25) is 10.7 Å². The second kappa shape index (κ2) is 7.91. The van der Waals surface area contributed by atoms with Crippen LogP contribution in [0.2, 0.25) is 0 Å². The van der Waals surface area contributed by atoms with Crippen molar-refractivity contribution in [1.29, 1.82) is 0 Å². The lowest BCUT2D eigenvalue weighted by Gasteiger charge is -2.01. The Morgan fingerprint density at radius 3 is 2.76 bits per heavy atom. The van der Waals surface area contributed by atoms with Crippen molar-refractivity contribution >= 4 is 45.1 Å². The summed E-state index contributed by atoms with van der Waals surface area (Å²) in [5, 5.41) is 10.1. The van der Waals surface area contributed by atoms with Gasteiger partial charge in [0.25, 0.3) is 0 Å². The van der Waals surface area contributed by atoms with Crippen molar-refractivity contribution in [1.82, 2.24) is 4.98 Å². The van der Waals surface area contributed by atoms with Gasteiger partial charge >= 0.3 is 6.09 Å². The fraction of sp³-hybridized carbons (Fsp3) is 0.118. The fourth-order valence-electron chi connectivity index (χ4n) is 1.99. The van der Waals surface area contributed by atoms with Crippen LogP contribution in [0.3, 0.4) is 0 Å². The van der Waals surface area contributed by atoms with E-state index in [9.17, 15) is 4.79 Å². The molecule has 0 spiro atoms. The highest BCUT2D eigenvalue weighted by Gasteiger charge is 2.16. The van der Waals surface area contributed by atoms with E-state index in [1.165, 1.54) is 24.0 Å². The van der Waals surface area contributed by atoms with Crippen molar-refractivity contribution in [3.63, 3.8) is 0 Å². The van der Waals surface area contributed by atoms with Crippen LogP contribution in [0.1, 0.15) is 11.1 Å². The third-order valence-corrected chi connectivity index (χ3v) is 4.99. The lowest BCUT2D eigenvalue weighted by atomic mass is 10.2. The summed E-state index contributed by atoms with van der Waals surface area (Å²) in [6.45, 7) is 2.04. The first-order valence-corrected chi connectivity index (χ1v) is 9.11. The highest BCUT2D eigenvalue weighted by molar-refractivity contribution is 7.21. The average molecular weight is 372 g/mol. The Hall–Kier alpha value is -2.71. The zero-order valence-corrected chi connectivity index (χ0v) is 15.3. The van der Waals surface area contributed by atoms with Crippen LogP contribution in [0, 0.1) is 6.92 Å². The molecule has 1 aromatic carbocycles. The number of hydrogen-bond acceptors (Lipinski definition) is 7. The van der Waals surface area contributed by atoms with Gasteiger partial charge < -0.3 is 4.74 Å². The smallest absolute Gasteiger partial charge is 0.412 e. The number of anilines is 2. The number of aryl methyl sites for hydroxylation is 1. The van der Waals surface area contributed by atoms with E-state index in [-0.39, 0.29) is 0 Å². The minimum absolute atomic E-state index is 0.531. The predicted octanol–water partition coefficient (Wildman–Crippen LogP) is 4.80. The number of hydrogen-bond donors (Lipinski definition) is 2. The van der Waals surface area contributed by atoms with Crippen LogP contribution in [0.15, 0.2) is 46.9 Å². The summed E-state index contributed by atoms with van der Waals surface area (Å²) in [5.74, 6) is 0. The maximum atomic E-state index is 11.5. The number of rotatable bonds is 5. The molecule has 2 aromatic heterocycles.